The molecule has 2 amide bonds. The van der Waals surface area contributed by atoms with Crippen molar-refractivity contribution in [3.63, 3.8) is 0 Å². The molecule has 5 heteroatoms. The molecule has 0 atom stereocenters. The van der Waals surface area contributed by atoms with Crippen LogP contribution in [0.5, 0.6) is 5.75 Å². The number of benzene rings is 2. The van der Waals surface area contributed by atoms with Crippen LogP contribution in [0.3, 0.4) is 0 Å². The van der Waals surface area contributed by atoms with E-state index in [1.807, 2.05) is 63.2 Å². The van der Waals surface area contributed by atoms with Crippen molar-refractivity contribution < 1.29 is 14.3 Å². The average molecular weight is 364 g/mol. The van der Waals surface area contributed by atoms with Crippen molar-refractivity contribution in [2.75, 3.05) is 19.0 Å². The SMILES string of the molecule is CCCOc1ccc(C2=C(Nc3ccc(C)cc3C)C(=O)N(C)C2=O)cc1. The number of nitrogens with one attached hydrogen (secondary N) is 1. The Labute approximate surface area is 159 Å². The first-order valence-electron chi connectivity index (χ1n) is 9.06. The number of hydrogen-bond donors (Lipinski definition) is 1. The molecule has 0 unspecified atom stereocenters. The van der Waals surface area contributed by atoms with Crippen LogP contribution in [0.1, 0.15) is 30.0 Å². The summed E-state index contributed by atoms with van der Waals surface area (Å²) in [6.07, 6.45) is 0.925. The Bertz CT molecular complexity index is 914. The van der Waals surface area contributed by atoms with Gasteiger partial charge in [0.1, 0.15) is 11.4 Å². The minimum atomic E-state index is -0.332. The van der Waals surface area contributed by atoms with Gasteiger partial charge in [0.15, 0.2) is 0 Å². The topological polar surface area (TPSA) is 58.6 Å². The van der Waals surface area contributed by atoms with E-state index in [0.717, 1.165) is 33.9 Å². The molecule has 1 heterocycles. The summed E-state index contributed by atoms with van der Waals surface area (Å²) in [5.74, 6) is 0.103. The van der Waals surface area contributed by atoms with Crippen LogP contribution in [0.4, 0.5) is 5.69 Å². The fourth-order valence-electron chi connectivity index (χ4n) is 3.05. The van der Waals surface area contributed by atoms with Crippen LogP contribution in [-0.2, 0) is 9.59 Å². The molecule has 0 aliphatic carbocycles. The van der Waals surface area contributed by atoms with E-state index in [-0.39, 0.29) is 11.8 Å². The number of aryl methyl sites for hydroxylation is 2. The summed E-state index contributed by atoms with van der Waals surface area (Å²) < 4.78 is 5.60. The van der Waals surface area contributed by atoms with Crippen LogP contribution >= 0.6 is 0 Å². The van der Waals surface area contributed by atoms with Crippen LogP contribution in [-0.4, -0.2) is 30.4 Å². The van der Waals surface area contributed by atoms with E-state index in [1.165, 1.54) is 7.05 Å². The van der Waals surface area contributed by atoms with Gasteiger partial charge in [0.25, 0.3) is 11.8 Å². The second kappa shape index (κ2) is 7.66. The quantitative estimate of drug-likeness (QED) is 0.790. The third kappa shape index (κ3) is 3.72. The monoisotopic (exact) mass is 364 g/mol. The molecular weight excluding hydrogens is 340 g/mol. The summed E-state index contributed by atoms with van der Waals surface area (Å²) >= 11 is 0. The molecule has 5 nitrogen and oxygen atoms in total. The van der Waals surface area contributed by atoms with Gasteiger partial charge >= 0.3 is 0 Å². The van der Waals surface area contributed by atoms with Crippen LogP contribution in [0.25, 0.3) is 5.57 Å². The molecule has 0 saturated heterocycles. The summed E-state index contributed by atoms with van der Waals surface area (Å²) in [6, 6.07) is 13.2. The number of amides is 2. The average Bonchev–Trinajstić information content (AvgIpc) is 2.86. The molecule has 0 saturated carbocycles. The molecule has 0 bridgehead atoms. The zero-order chi connectivity index (χ0) is 19.6. The number of likely N-dealkylation sites (N-methyl/N-ethyl adjacent to an activating group) is 1. The summed E-state index contributed by atoms with van der Waals surface area (Å²) in [5.41, 5.74) is 4.34. The molecule has 0 fully saturated rings. The Kier molecular flexibility index (Phi) is 5.31. The molecule has 1 aliphatic rings. The lowest BCUT2D eigenvalue weighted by atomic mass is 10.0. The van der Waals surface area contributed by atoms with E-state index in [1.54, 1.807) is 0 Å². The van der Waals surface area contributed by atoms with Gasteiger partial charge in [-0.05, 0) is 49.6 Å². The van der Waals surface area contributed by atoms with Crippen LogP contribution in [0.2, 0.25) is 0 Å². The van der Waals surface area contributed by atoms with E-state index < -0.39 is 0 Å². The molecule has 0 radical (unpaired) electrons. The molecule has 2 aromatic carbocycles. The molecule has 0 aromatic heterocycles. The maximum Gasteiger partial charge on any atom is 0.277 e. The first kappa shape index (κ1) is 18.7. The van der Waals surface area contributed by atoms with Gasteiger partial charge in [0.2, 0.25) is 0 Å². The lowest BCUT2D eigenvalue weighted by Crippen LogP contribution is -2.28. The fraction of sp³-hybridized carbons (Fsp3) is 0.273. The number of anilines is 1. The Morgan fingerprint density at radius 1 is 1.00 bits per heavy atom. The summed E-state index contributed by atoms with van der Waals surface area (Å²) in [7, 11) is 1.50. The highest BCUT2D eigenvalue weighted by atomic mass is 16.5. The standard InChI is InChI=1S/C22H24N2O3/c1-5-12-27-17-9-7-16(8-10-17)19-20(22(26)24(4)21(19)25)23-18-11-6-14(2)13-15(18)3/h6-11,13,23H,5,12H2,1-4H3. The molecule has 140 valence electrons. The Hall–Kier alpha value is -3.08. The third-order valence-electron chi connectivity index (χ3n) is 4.54. The molecule has 27 heavy (non-hydrogen) atoms. The van der Waals surface area contributed by atoms with Crippen LogP contribution < -0.4 is 10.1 Å². The van der Waals surface area contributed by atoms with E-state index in [4.69, 9.17) is 4.74 Å². The number of hydrogen-bond acceptors (Lipinski definition) is 4. The second-order valence-corrected chi connectivity index (χ2v) is 6.74. The normalized spacial score (nSPS) is 14.1. The third-order valence-corrected chi connectivity index (χ3v) is 4.54. The fourth-order valence-corrected chi connectivity index (χ4v) is 3.05. The molecule has 0 spiro atoms. The number of imide groups is 1. The van der Waals surface area contributed by atoms with Gasteiger partial charge in [-0.25, -0.2) is 0 Å². The first-order chi connectivity index (χ1) is 12.9. The van der Waals surface area contributed by atoms with Gasteiger partial charge < -0.3 is 10.1 Å². The number of nitrogens with zero attached hydrogens (tertiary/aromatic N) is 1. The van der Waals surface area contributed by atoms with Crippen molar-refractivity contribution >= 4 is 23.1 Å². The van der Waals surface area contributed by atoms with Crippen molar-refractivity contribution in [2.24, 2.45) is 0 Å². The molecule has 1 aliphatic heterocycles. The molecule has 3 rings (SSSR count). The highest BCUT2D eigenvalue weighted by Gasteiger charge is 2.36. The summed E-state index contributed by atoms with van der Waals surface area (Å²) in [6.45, 7) is 6.67. The lowest BCUT2D eigenvalue weighted by Gasteiger charge is -2.12. The van der Waals surface area contributed by atoms with Gasteiger partial charge in [-0.15, -0.1) is 0 Å². The predicted octanol–water partition coefficient (Wildman–Crippen LogP) is 3.91. The minimum absolute atomic E-state index is 0.302. The van der Waals surface area contributed by atoms with Crippen molar-refractivity contribution in [2.45, 2.75) is 27.2 Å². The zero-order valence-electron chi connectivity index (χ0n) is 16.1. The van der Waals surface area contributed by atoms with Crippen molar-refractivity contribution in [1.29, 1.82) is 0 Å². The van der Waals surface area contributed by atoms with Crippen molar-refractivity contribution in [3.8, 4) is 5.75 Å². The minimum Gasteiger partial charge on any atom is -0.494 e. The highest BCUT2D eigenvalue weighted by molar-refractivity contribution is 6.36. The number of ether oxygens (including phenoxy) is 1. The lowest BCUT2D eigenvalue weighted by molar-refractivity contribution is -0.135. The van der Waals surface area contributed by atoms with Gasteiger partial charge in [-0.3, -0.25) is 14.5 Å². The van der Waals surface area contributed by atoms with Crippen molar-refractivity contribution in [3.05, 3.63) is 64.9 Å². The zero-order valence-corrected chi connectivity index (χ0v) is 16.1. The number of rotatable bonds is 6. The summed E-state index contributed by atoms with van der Waals surface area (Å²) in [5, 5.41) is 3.18. The van der Waals surface area contributed by atoms with Crippen molar-refractivity contribution in [1.82, 2.24) is 4.90 Å². The van der Waals surface area contributed by atoms with E-state index in [9.17, 15) is 9.59 Å². The summed E-state index contributed by atoms with van der Waals surface area (Å²) in [4.78, 5) is 26.5. The van der Waals surface area contributed by atoms with Crippen LogP contribution in [0.15, 0.2) is 48.2 Å². The van der Waals surface area contributed by atoms with Gasteiger partial charge in [-0.2, -0.15) is 0 Å². The maximum absolute atomic E-state index is 12.7. The predicted molar refractivity (Wildman–Crippen MR) is 106 cm³/mol. The van der Waals surface area contributed by atoms with E-state index >= 15 is 0 Å². The van der Waals surface area contributed by atoms with Gasteiger partial charge in [0.05, 0.1) is 12.2 Å². The first-order valence-corrected chi connectivity index (χ1v) is 9.06. The Morgan fingerprint density at radius 2 is 1.70 bits per heavy atom. The number of carbonyl (C=O) groups excluding carboxylic acids is 2. The highest BCUT2D eigenvalue weighted by Crippen LogP contribution is 2.31. The van der Waals surface area contributed by atoms with Gasteiger partial charge in [0, 0.05) is 12.7 Å². The van der Waals surface area contributed by atoms with E-state index in [2.05, 4.69) is 5.32 Å². The largest absolute Gasteiger partial charge is 0.494 e. The molecular formula is C22H24N2O3. The van der Waals surface area contributed by atoms with E-state index in [0.29, 0.717) is 23.4 Å². The van der Waals surface area contributed by atoms with Crippen LogP contribution in [0, 0.1) is 13.8 Å². The number of carbonyl (C=O) groups is 2. The Balaban J connectivity index is 1.99. The Morgan fingerprint density at radius 3 is 2.33 bits per heavy atom. The smallest absolute Gasteiger partial charge is 0.277 e. The molecule has 2 aromatic rings. The molecule has 1 N–H and O–H groups in total. The second-order valence-electron chi connectivity index (χ2n) is 6.74. The van der Waals surface area contributed by atoms with Gasteiger partial charge in [-0.1, -0.05) is 36.8 Å². The maximum atomic E-state index is 12.7.